The van der Waals surface area contributed by atoms with Crippen molar-refractivity contribution in [1.82, 2.24) is 9.47 Å². The van der Waals surface area contributed by atoms with Gasteiger partial charge in [-0.15, -0.1) is 0 Å². The Kier molecular flexibility index (Phi) is 5.01. The first-order valence-electron chi connectivity index (χ1n) is 7.43. The van der Waals surface area contributed by atoms with Gasteiger partial charge in [0.05, 0.1) is 5.56 Å². The molecule has 24 heavy (non-hydrogen) atoms. The van der Waals surface area contributed by atoms with E-state index in [0.717, 1.165) is 11.3 Å². The molecule has 1 aliphatic heterocycles. The van der Waals surface area contributed by atoms with Crippen molar-refractivity contribution in [2.45, 2.75) is 6.61 Å². The lowest BCUT2D eigenvalue weighted by molar-refractivity contribution is 0.0856. The summed E-state index contributed by atoms with van der Waals surface area (Å²) in [7, 11) is 1.63. The minimum absolute atomic E-state index is 0.0635. The number of aryl methyl sites for hydroxylation is 1. The second-order valence-electron chi connectivity index (χ2n) is 5.32. The van der Waals surface area contributed by atoms with Gasteiger partial charge in [-0.25, -0.2) is 0 Å². The molecule has 1 aromatic heterocycles. The number of pyridine rings is 1. The standard InChI is InChI=1S/C17H16N2O3S2/c1-18-8-7-13(15(20)19-9-10-24-17(19)23)14(16(18)21)22-11-12-5-3-2-4-6-12/h2-8H,9-11H2,1H3. The molecule has 7 heteroatoms. The van der Waals surface area contributed by atoms with Gasteiger partial charge in [-0.3, -0.25) is 14.5 Å². The van der Waals surface area contributed by atoms with Gasteiger partial charge in [-0.05, 0) is 11.6 Å². The molecule has 1 saturated heterocycles. The van der Waals surface area contributed by atoms with Crippen LogP contribution in [0.25, 0.3) is 0 Å². The second-order valence-corrected chi connectivity index (χ2v) is 7.05. The van der Waals surface area contributed by atoms with Crippen LogP contribution in [0.15, 0.2) is 47.4 Å². The summed E-state index contributed by atoms with van der Waals surface area (Å²) in [6, 6.07) is 11.1. The maximum Gasteiger partial charge on any atom is 0.293 e. The zero-order chi connectivity index (χ0) is 17.1. The number of nitrogens with zero attached hydrogens (tertiary/aromatic N) is 2. The van der Waals surface area contributed by atoms with Gasteiger partial charge < -0.3 is 9.30 Å². The van der Waals surface area contributed by atoms with Crippen molar-refractivity contribution in [3.8, 4) is 5.75 Å². The van der Waals surface area contributed by atoms with Gasteiger partial charge in [0.25, 0.3) is 11.5 Å². The molecule has 2 aromatic rings. The summed E-state index contributed by atoms with van der Waals surface area (Å²) >= 11 is 6.67. The number of thioether (sulfide) groups is 1. The SMILES string of the molecule is Cn1ccc(C(=O)N2CCSC2=S)c(OCc2ccccc2)c1=O. The summed E-state index contributed by atoms with van der Waals surface area (Å²) in [4.78, 5) is 26.7. The van der Waals surface area contributed by atoms with Gasteiger partial charge in [0.1, 0.15) is 10.9 Å². The van der Waals surface area contributed by atoms with Crippen molar-refractivity contribution >= 4 is 34.2 Å². The first kappa shape index (κ1) is 16.7. The third kappa shape index (κ3) is 3.37. The highest BCUT2D eigenvalue weighted by molar-refractivity contribution is 8.23. The van der Waals surface area contributed by atoms with Gasteiger partial charge >= 0.3 is 0 Å². The molecule has 0 radical (unpaired) electrons. The minimum atomic E-state index is -0.338. The molecule has 5 nitrogen and oxygen atoms in total. The Bertz CT molecular complexity index is 833. The zero-order valence-electron chi connectivity index (χ0n) is 13.1. The molecule has 2 heterocycles. The number of amides is 1. The maximum absolute atomic E-state index is 12.7. The van der Waals surface area contributed by atoms with Crippen molar-refractivity contribution < 1.29 is 9.53 Å². The Hall–Kier alpha value is -2.12. The molecule has 0 atom stereocenters. The van der Waals surface area contributed by atoms with Crippen molar-refractivity contribution in [3.63, 3.8) is 0 Å². The van der Waals surface area contributed by atoms with E-state index in [-0.39, 0.29) is 29.4 Å². The van der Waals surface area contributed by atoms with Crippen LogP contribution in [0.2, 0.25) is 0 Å². The van der Waals surface area contributed by atoms with E-state index in [4.69, 9.17) is 17.0 Å². The van der Waals surface area contributed by atoms with Gasteiger partial charge in [-0.1, -0.05) is 54.3 Å². The zero-order valence-corrected chi connectivity index (χ0v) is 14.7. The Morgan fingerprint density at radius 3 is 2.71 bits per heavy atom. The molecule has 0 spiro atoms. The number of carbonyl (C=O) groups excluding carboxylic acids is 1. The van der Waals surface area contributed by atoms with Crippen LogP contribution in [0.4, 0.5) is 0 Å². The van der Waals surface area contributed by atoms with Crippen molar-refractivity contribution in [1.29, 1.82) is 0 Å². The molecule has 0 bridgehead atoms. The quantitative estimate of drug-likeness (QED) is 0.784. The summed E-state index contributed by atoms with van der Waals surface area (Å²) in [5.74, 6) is 0.551. The molecule has 1 amide bonds. The fraction of sp³-hybridized carbons (Fsp3) is 0.235. The maximum atomic E-state index is 12.7. The van der Waals surface area contributed by atoms with E-state index < -0.39 is 0 Å². The van der Waals surface area contributed by atoms with Gasteiger partial charge in [0, 0.05) is 25.5 Å². The molecule has 0 aliphatic carbocycles. The van der Waals surface area contributed by atoms with Crippen LogP contribution in [-0.2, 0) is 13.7 Å². The molecule has 0 N–H and O–H groups in total. The number of benzene rings is 1. The highest BCUT2D eigenvalue weighted by atomic mass is 32.2. The lowest BCUT2D eigenvalue weighted by atomic mass is 10.2. The van der Waals surface area contributed by atoms with E-state index in [1.54, 1.807) is 19.3 Å². The first-order valence-corrected chi connectivity index (χ1v) is 8.82. The number of hydrogen-bond acceptors (Lipinski definition) is 5. The van der Waals surface area contributed by atoms with Gasteiger partial charge in [-0.2, -0.15) is 0 Å². The molecule has 1 fully saturated rings. The third-order valence-corrected chi connectivity index (χ3v) is 5.11. The number of aromatic nitrogens is 1. The Morgan fingerprint density at radius 1 is 1.29 bits per heavy atom. The van der Waals surface area contributed by atoms with Crippen LogP contribution >= 0.6 is 24.0 Å². The largest absolute Gasteiger partial charge is 0.482 e. The average molecular weight is 360 g/mol. The van der Waals surface area contributed by atoms with E-state index in [0.29, 0.717) is 10.9 Å². The van der Waals surface area contributed by atoms with Crippen molar-refractivity contribution in [3.05, 3.63) is 64.1 Å². The predicted molar refractivity (Wildman–Crippen MR) is 98.5 cm³/mol. The molecule has 0 unspecified atom stereocenters. The molecule has 3 rings (SSSR count). The fourth-order valence-corrected chi connectivity index (χ4v) is 3.57. The van der Waals surface area contributed by atoms with E-state index in [2.05, 4.69) is 0 Å². The molecule has 1 aromatic carbocycles. The molecule has 124 valence electrons. The minimum Gasteiger partial charge on any atom is -0.482 e. The van der Waals surface area contributed by atoms with Gasteiger partial charge in [0.2, 0.25) is 0 Å². The molecular formula is C17H16N2O3S2. The summed E-state index contributed by atoms with van der Waals surface area (Å²) in [5, 5.41) is 0. The highest BCUT2D eigenvalue weighted by Crippen LogP contribution is 2.23. The number of rotatable bonds is 4. The second kappa shape index (κ2) is 7.19. The lowest BCUT2D eigenvalue weighted by Gasteiger charge is -2.17. The summed E-state index contributed by atoms with van der Waals surface area (Å²) < 4.78 is 7.65. The summed E-state index contributed by atoms with van der Waals surface area (Å²) in [5.41, 5.74) is 0.836. The Balaban J connectivity index is 1.92. The predicted octanol–water partition coefficient (Wildman–Crippen LogP) is 2.44. The molecular weight excluding hydrogens is 344 g/mol. The van der Waals surface area contributed by atoms with Gasteiger partial charge in [0.15, 0.2) is 5.75 Å². The van der Waals surface area contributed by atoms with Crippen LogP contribution in [0, 0.1) is 0 Å². The van der Waals surface area contributed by atoms with Crippen LogP contribution in [0.1, 0.15) is 15.9 Å². The van der Waals surface area contributed by atoms with Crippen molar-refractivity contribution in [2.24, 2.45) is 7.05 Å². The Labute approximate surface area is 149 Å². The number of ether oxygens (including phenoxy) is 1. The number of carbonyl (C=O) groups is 1. The average Bonchev–Trinajstić information content (AvgIpc) is 3.02. The Morgan fingerprint density at radius 2 is 2.04 bits per heavy atom. The van der Waals surface area contributed by atoms with Crippen LogP contribution in [0.5, 0.6) is 5.75 Å². The van der Waals surface area contributed by atoms with E-state index in [9.17, 15) is 9.59 Å². The van der Waals surface area contributed by atoms with Crippen LogP contribution < -0.4 is 10.3 Å². The monoisotopic (exact) mass is 360 g/mol. The van der Waals surface area contributed by atoms with Crippen LogP contribution in [0.3, 0.4) is 0 Å². The first-order chi connectivity index (χ1) is 11.6. The lowest BCUT2D eigenvalue weighted by Crippen LogP contribution is -2.33. The smallest absolute Gasteiger partial charge is 0.293 e. The van der Waals surface area contributed by atoms with E-state index in [1.165, 1.54) is 21.2 Å². The third-order valence-electron chi connectivity index (χ3n) is 3.69. The van der Waals surface area contributed by atoms with Crippen molar-refractivity contribution in [2.75, 3.05) is 12.3 Å². The topological polar surface area (TPSA) is 51.5 Å². The van der Waals surface area contributed by atoms with E-state index >= 15 is 0 Å². The van der Waals surface area contributed by atoms with Crippen LogP contribution in [-0.4, -0.2) is 32.0 Å². The summed E-state index contributed by atoms with van der Waals surface area (Å²) in [6.07, 6.45) is 1.57. The number of thiocarbonyl (C=S) groups is 1. The van der Waals surface area contributed by atoms with E-state index in [1.807, 2.05) is 30.3 Å². The molecule has 0 saturated carbocycles. The normalized spacial score (nSPS) is 14.0. The fourth-order valence-electron chi connectivity index (χ4n) is 2.37. The number of hydrogen-bond donors (Lipinski definition) is 0. The molecule has 1 aliphatic rings. The summed E-state index contributed by atoms with van der Waals surface area (Å²) in [6.45, 7) is 0.773. The highest BCUT2D eigenvalue weighted by Gasteiger charge is 2.28.